The summed E-state index contributed by atoms with van der Waals surface area (Å²) in [5, 5.41) is 8.93. The van der Waals surface area contributed by atoms with E-state index in [2.05, 4.69) is 48.2 Å². The van der Waals surface area contributed by atoms with Crippen molar-refractivity contribution in [3.63, 3.8) is 0 Å². The van der Waals surface area contributed by atoms with E-state index in [4.69, 9.17) is 14.3 Å². The predicted octanol–water partition coefficient (Wildman–Crippen LogP) is 6.59. The SMILES string of the molecule is CC(C)N(C(C)C)P(OCCC#N)OCC1CCN(C(=O)CN(CCC2CCCC2)CC2CCCC2)CC1. The molecule has 3 fully saturated rings. The summed E-state index contributed by atoms with van der Waals surface area (Å²) in [6.45, 7) is 14.2. The van der Waals surface area contributed by atoms with E-state index in [-0.39, 0.29) is 0 Å². The van der Waals surface area contributed by atoms with Crippen LogP contribution in [0.4, 0.5) is 0 Å². The van der Waals surface area contributed by atoms with Crippen LogP contribution in [-0.4, -0.2) is 78.4 Å². The number of hydrogen-bond acceptors (Lipinski definition) is 6. The van der Waals surface area contributed by atoms with Crippen molar-refractivity contribution in [3.05, 3.63) is 0 Å². The van der Waals surface area contributed by atoms with E-state index in [0.717, 1.165) is 50.9 Å². The maximum atomic E-state index is 13.3. The number of rotatable bonds is 16. The van der Waals surface area contributed by atoms with Gasteiger partial charge in [0.1, 0.15) is 0 Å². The van der Waals surface area contributed by atoms with E-state index < -0.39 is 8.53 Å². The normalized spacial score (nSPS) is 20.9. The molecule has 0 spiro atoms. The monoisotopic (exact) mass is 550 g/mol. The molecule has 0 aromatic carbocycles. The lowest BCUT2D eigenvalue weighted by molar-refractivity contribution is -0.134. The van der Waals surface area contributed by atoms with Crippen molar-refractivity contribution in [2.24, 2.45) is 17.8 Å². The molecule has 2 saturated carbocycles. The highest BCUT2D eigenvalue weighted by Crippen LogP contribution is 2.46. The number of nitriles is 1. The molecule has 0 aromatic rings. The van der Waals surface area contributed by atoms with E-state index in [0.29, 0.717) is 50.1 Å². The number of carbonyl (C=O) groups excluding carboxylic acids is 1. The van der Waals surface area contributed by atoms with Crippen molar-refractivity contribution >= 4 is 14.4 Å². The van der Waals surface area contributed by atoms with Crippen LogP contribution in [0.5, 0.6) is 0 Å². The third-order valence-electron chi connectivity index (χ3n) is 8.73. The Labute approximate surface area is 234 Å². The van der Waals surface area contributed by atoms with E-state index >= 15 is 0 Å². The minimum absolute atomic E-state index is 0.309. The summed E-state index contributed by atoms with van der Waals surface area (Å²) in [5.74, 6) is 2.43. The van der Waals surface area contributed by atoms with Gasteiger partial charge < -0.3 is 13.9 Å². The molecule has 3 rings (SSSR count). The van der Waals surface area contributed by atoms with Gasteiger partial charge in [-0.25, -0.2) is 4.67 Å². The first-order valence-corrected chi connectivity index (χ1v) is 16.7. The van der Waals surface area contributed by atoms with E-state index in [9.17, 15) is 4.79 Å². The lowest BCUT2D eigenvalue weighted by Crippen LogP contribution is -2.46. The van der Waals surface area contributed by atoms with Crippen molar-refractivity contribution in [2.45, 2.75) is 117 Å². The van der Waals surface area contributed by atoms with Gasteiger partial charge >= 0.3 is 0 Å². The van der Waals surface area contributed by atoms with Gasteiger partial charge in [0, 0.05) is 31.7 Å². The van der Waals surface area contributed by atoms with Gasteiger partial charge in [0.2, 0.25) is 5.91 Å². The Morgan fingerprint density at radius 2 is 1.53 bits per heavy atom. The molecule has 1 heterocycles. The van der Waals surface area contributed by atoms with Crippen molar-refractivity contribution in [1.29, 1.82) is 5.26 Å². The molecular weight excluding hydrogens is 495 g/mol. The summed E-state index contributed by atoms with van der Waals surface area (Å²) in [6, 6.07) is 2.78. The highest BCUT2D eigenvalue weighted by molar-refractivity contribution is 7.44. The van der Waals surface area contributed by atoms with E-state index in [1.807, 2.05) is 0 Å². The molecule has 0 radical (unpaired) electrons. The minimum atomic E-state index is -1.20. The summed E-state index contributed by atoms with van der Waals surface area (Å²) in [6.07, 6.45) is 14.6. The second-order valence-electron chi connectivity index (χ2n) is 12.5. The first-order valence-electron chi connectivity index (χ1n) is 15.6. The van der Waals surface area contributed by atoms with Crippen LogP contribution >= 0.6 is 8.53 Å². The standard InChI is InChI=1S/C30H55N4O3P/c1-25(2)34(26(3)4)38(36-21-9-17-31)37-24-29-15-19-33(20-16-29)30(35)23-32(22-28-12-7-8-13-28)18-14-27-10-5-6-11-27/h25-29H,5-16,18-24H2,1-4H3. The third kappa shape index (κ3) is 10.7. The fourth-order valence-corrected chi connectivity index (χ4v) is 8.26. The Balaban J connectivity index is 1.45. The quantitative estimate of drug-likeness (QED) is 0.160. The van der Waals surface area contributed by atoms with Crippen molar-refractivity contribution in [3.8, 4) is 6.07 Å². The average Bonchev–Trinajstić information content (AvgIpc) is 3.60. The number of likely N-dealkylation sites (tertiary alicyclic amines) is 1. The Bertz CT molecular complexity index is 703. The number of nitrogens with zero attached hydrogens (tertiary/aromatic N) is 4. The van der Waals surface area contributed by atoms with Gasteiger partial charge in [-0.1, -0.05) is 38.5 Å². The molecule has 1 amide bonds. The maximum Gasteiger partial charge on any atom is 0.259 e. The molecule has 1 atom stereocenters. The highest BCUT2D eigenvalue weighted by Gasteiger charge is 2.30. The summed E-state index contributed by atoms with van der Waals surface area (Å²) in [5.41, 5.74) is 0. The summed E-state index contributed by atoms with van der Waals surface area (Å²) in [7, 11) is -1.20. The van der Waals surface area contributed by atoms with E-state index in [1.165, 1.54) is 57.8 Å². The summed E-state index contributed by atoms with van der Waals surface area (Å²) >= 11 is 0. The second kappa shape index (κ2) is 17.1. The van der Waals surface area contributed by atoms with Crippen LogP contribution in [-0.2, 0) is 13.8 Å². The van der Waals surface area contributed by atoms with Crippen LogP contribution < -0.4 is 0 Å². The minimum Gasteiger partial charge on any atom is -0.342 e. The number of hydrogen-bond donors (Lipinski definition) is 0. The molecular formula is C30H55N4O3P. The smallest absolute Gasteiger partial charge is 0.259 e. The second-order valence-corrected chi connectivity index (χ2v) is 13.9. The zero-order valence-corrected chi connectivity index (χ0v) is 25.7. The summed E-state index contributed by atoms with van der Waals surface area (Å²) in [4.78, 5) is 17.9. The van der Waals surface area contributed by atoms with Crippen LogP contribution in [0.15, 0.2) is 0 Å². The molecule has 0 bridgehead atoms. The zero-order valence-electron chi connectivity index (χ0n) is 24.8. The lowest BCUT2D eigenvalue weighted by Gasteiger charge is -2.37. The largest absolute Gasteiger partial charge is 0.342 e. The Morgan fingerprint density at radius 3 is 2.11 bits per heavy atom. The van der Waals surface area contributed by atoms with Crippen LogP contribution in [0.2, 0.25) is 0 Å². The van der Waals surface area contributed by atoms with Gasteiger partial charge in [-0.2, -0.15) is 5.26 Å². The fourth-order valence-electron chi connectivity index (χ4n) is 6.58. The number of carbonyl (C=O) groups is 1. The molecule has 0 N–H and O–H groups in total. The lowest BCUT2D eigenvalue weighted by atomic mass is 9.98. The van der Waals surface area contributed by atoms with Crippen LogP contribution in [0.25, 0.3) is 0 Å². The van der Waals surface area contributed by atoms with Gasteiger partial charge in [0.15, 0.2) is 0 Å². The van der Waals surface area contributed by atoms with Crippen LogP contribution in [0.3, 0.4) is 0 Å². The van der Waals surface area contributed by atoms with E-state index in [1.54, 1.807) is 0 Å². The van der Waals surface area contributed by atoms with Gasteiger partial charge in [-0.3, -0.25) is 9.69 Å². The molecule has 3 aliphatic rings. The molecule has 2 aliphatic carbocycles. The number of amides is 1. The van der Waals surface area contributed by atoms with Crippen molar-refractivity contribution in [2.75, 3.05) is 45.9 Å². The van der Waals surface area contributed by atoms with Gasteiger partial charge in [0.05, 0.1) is 32.2 Å². The Hall–Kier alpha value is -0.770. The van der Waals surface area contributed by atoms with Gasteiger partial charge in [0.25, 0.3) is 8.53 Å². The highest BCUT2D eigenvalue weighted by atomic mass is 31.2. The molecule has 218 valence electrons. The van der Waals surface area contributed by atoms with Crippen LogP contribution in [0.1, 0.15) is 105 Å². The first kappa shape index (κ1) is 31.8. The summed E-state index contributed by atoms with van der Waals surface area (Å²) < 4.78 is 14.7. The molecule has 1 aliphatic heterocycles. The molecule has 1 saturated heterocycles. The Morgan fingerprint density at radius 1 is 0.921 bits per heavy atom. The molecule has 8 heteroatoms. The number of piperidine rings is 1. The first-order chi connectivity index (χ1) is 18.4. The third-order valence-corrected chi connectivity index (χ3v) is 10.8. The molecule has 1 unspecified atom stereocenters. The van der Waals surface area contributed by atoms with Gasteiger partial charge in [-0.05, 0) is 84.1 Å². The van der Waals surface area contributed by atoms with Crippen LogP contribution in [0, 0.1) is 29.1 Å². The predicted molar refractivity (Wildman–Crippen MR) is 155 cm³/mol. The molecule has 38 heavy (non-hydrogen) atoms. The average molecular weight is 551 g/mol. The fraction of sp³-hybridized carbons (Fsp3) is 0.933. The molecule has 0 aromatic heterocycles. The van der Waals surface area contributed by atoms with Crippen molar-refractivity contribution < 1.29 is 13.8 Å². The topological polar surface area (TPSA) is 69.0 Å². The van der Waals surface area contributed by atoms with Crippen molar-refractivity contribution in [1.82, 2.24) is 14.5 Å². The molecule has 7 nitrogen and oxygen atoms in total. The van der Waals surface area contributed by atoms with Gasteiger partial charge in [-0.15, -0.1) is 0 Å². The maximum absolute atomic E-state index is 13.3. The zero-order chi connectivity index (χ0) is 27.3. The Kier molecular flexibility index (Phi) is 14.3.